The highest BCUT2D eigenvalue weighted by Gasteiger charge is 2.19. The van der Waals surface area contributed by atoms with Crippen LogP contribution in [0.2, 0.25) is 0 Å². The lowest BCUT2D eigenvalue weighted by Crippen LogP contribution is -2.29. The summed E-state index contributed by atoms with van der Waals surface area (Å²) in [5.41, 5.74) is 8.42. The molecule has 0 unspecified atom stereocenters. The molecule has 3 heterocycles. The highest BCUT2D eigenvalue weighted by Crippen LogP contribution is 2.29. The van der Waals surface area contributed by atoms with Crippen LogP contribution < -0.4 is 15.8 Å². The third-order valence-corrected chi connectivity index (χ3v) is 4.46. The predicted molar refractivity (Wildman–Crippen MR) is 101 cm³/mol. The van der Waals surface area contributed by atoms with Crippen LogP contribution in [0.1, 0.15) is 24.5 Å². The molecular formula is C20H21N5O. The topological polar surface area (TPSA) is 86.0 Å². The predicted octanol–water partition coefficient (Wildman–Crippen LogP) is 3.38. The van der Waals surface area contributed by atoms with E-state index >= 15 is 0 Å². The van der Waals surface area contributed by atoms with Crippen LogP contribution >= 0.6 is 0 Å². The number of benzene rings is 1. The van der Waals surface area contributed by atoms with E-state index in [1.807, 2.05) is 36.4 Å². The lowest BCUT2D eigenvalue weighted by atomic mass is 9.96. The van der Waals surface area contributed by atoms with Crippen molar-refractivity contribution in [3.63, 3.8) is 0 Å². The van der Waals surface area contributed by atoms with Crippen molar-refractivity contribution < 1.29 is 4.74 Å². The molecule has 0 bridgehead atoms. The van der Waals surface area contributed by atoms with E-state index in [9.17, 15) is 0 Å². The molecule has 4 rings (SSSR count). The summed E-state index contributed by atoms with van der Waals surface area (Å²) >= 11 is 0. The lowest BCUT2D eigenvalue weighted by molar-refractivity contribution is 0.440. The van der Waals surface area contributed by atoms with Gasteiger partial charge in [0.05, 0.1) is 5.69 Å². The van der Waals surface area contributed by atoms with Crippen molar-refractivity contribution >= 4 is 5.69 Å². The largest absolute Gasteiger partial charge is 0.439 e. The van der Waals surface area contributed by atoms with Gasteiger partial charge in [0, 0.05) is 48.2 Å². The zero-order chi connectivity index (χ0) is 17.8. The fourth-order valence-corrected chi connectivity index (χ4v) is 3.14. The Kier molecular flexibility index (Phi) is 4.75. The van der Waals surface area contributed by atoms with Crippen LogP contribution in [0.4, 0.5) is 5.69 Å². The molecule has 1 saturated heterocycles. The molecule has 0 radical (unpaired) electrons. The van der Waals surface area contributed by atoms with Gasteiger partial charge >= 0.3 is 0 Å². The van der Waals surface area contributed by atoms with Gasteiger partial charge < -0.3 is 15.8 Å². The summed E-state index contributed by atoms with van der Waals surface area (Å²) in [4.78, 5) is 13.5. The molecule has 6 heteroatoms. The Labute approximate surface area is 152 Å². The first kappa shape index (κ1) is 16.5. The van der Waals surface area contributed by atoms with Crippen molar-refractivity contribution in [2.24, 2.45) is 0 Å². The zero-order valence-electron chi connectivity index (χ0n) is 14.4. The normalized spacial score (nSPS) is 17.0. The number of anilines is 1. The second kappa shape index (κ2) is 7.49. The highest BCUT2D eigenvalue weighted by molar-refractivity contribution is 5.55. The van der Waals surface area contributed by atoms with E-state index in [4.69, 9.17) is 15.5 Å². The lowest BCUT2D eigenvalue weighted by Gasteiger charge is -2.23. The number of aromatic nitrogens is 3. The molecule has 0 spiro atoms. The van der Waals surface area contributed by atoms with Gasteiger partial charge in [-0.25, -0.2) is 4.98 Å². The molecule has 1 aromatic carbocycles. The van der Waals surface area contributed by atoms with E-state index in [0.29, 0.717) is 29.1 Å². The maximum Gasteiger partial charge on any atom is 0.223 e. The molecule has 1 aliphatic heterocycles. The Balaban J connectivity index is 1.72. The molecule has 1 atom stereocenters. The first-order valence-electron chi connectivity index (χ1n) is 8.81. The van der Waals surface area contributed by atoms with Gasteiger partial charge in [-0.3, -0.25) is 4.98 Å². The van der Waals surface area contributed by atoms with Crippen molar-refractivity contribution in [3.05, 3.63) is 60.6 Å². The molecule has 0 saturated carbocycles. The number of rotatable bonds is 4. The van der Waals surface area contributed by atoms with Crippen molar-refractivity contribution in [2.75, 3.05) is 18.8 Å². The van der Waals surface area contributed by atoms with Crippen LogP contribution in [0.25, 0.3) is 11.4 Å². The Morgan fingerprint density at radius 3 is 2.73 bits per heavy atom. The Bertz CT molecular complexity index is 878. The maximum absolute atomic E-state index is 5.99. The monoisotopic (exact) mass is 347 g/mol. The SMILES string of the molecule is Nc1cccc(Oc2cc([C@H]3CCCNC3)nc(-c3ccncc3)n2)c1. The van der Waals surface area contributed by atoms with Crippen molar-refractivity contribution in [3.8, 4) is 23.0 Å². The molecule has 0 amide bonds. The summed E-state index contributed by atoms with van der Waals surface area (Å²) in [6.07, 6.45) is 5.74. The van der Waals surface area contributed by atoms with E-state index in [2.05, 4.69) is 15.3 Å². The first-order valence-corrected chi connectivity index (χ1v) is 8.81. The summed E-state index contributed by atoms with van der Waals surface area (Å²) in [5.74, 6) is 2.19. The van der Waals surface area contributed by atoms with Gasteiger partial charge in [-0.2, -0.15) is 4.98 Å². The number of nitrogens with two attached hydrogens (primary N) is 1. The Morgan fingerprint density at radius 1 is 1.08 bits per heavy atom. The van der Waals surface area contributed by atoms with Crippen molar-refractivity contribution in [1.82, 2.24) is 20.3 Å². The van der Waals surface area contributed by atoms with Crippen molar-refractivity contribution in [1.29, 1.82) is 0 Å². The first-order chi connectivity index (χ1) is 12.8. The second-order valence-electron chi connectivity index (χ2n) is 6.41. The molecule has 3 aromatic rings. The molecule has 132 valence electrons. The highest BCUT2D eigenvalue weighted by atomic mass is 16.5. The van der Waals surface area contributed by atoms with Crippen LogP contribution in [0.3, 0.4) is 0 Å². The maximum atomic E-state index is 5.99. The van der Waals surface area contributed by atoms with Crippen LogP contribution in [-0.2, 0) is 0 Å². The van der Waals surface area contributed by atoms with Gasteiger partial charge in [-0.15, -0.1) is 0 Å². The standard InChI is InChI=1S/C20H21N5O/c21-16-4-1-5-17(11-16)26-19-12-18(15-3-2-8-23-13-15)24-20(25-19)14-6-9-22-10-7-14/h1,4-7,9-12,15,23H,2-3,8,13,21H2/t15-/m0/s1. The fraction of sp³-hybridized carbons (Fsp3) is 0.250. The molecule has 3 N–H and O–H groups in total. The van der Waals surface area contributed by atoms with E-state index < -0.39 is 0 Å². The van der Waals surface area contributed by atoms with E-state index in [0.717, 1.165) is 37.2 Å². The van der Waals surface area contributed by atoms with Crippen molar-refractivity contribution in [2.45, 2.75) is 18.8 Å². The minimum atomic E-state index is 0.357. The van der Waals surface area contributed by atoms with Crippen LogP contribution in [0, 0.1) is 0 Å². The Hall–Kier alpha value is -2.99. The molecule has 26 heavy (non-hydrogen) atoms. The minimum absolute atomic E-state index is 0.357. The van der Waals surface area contributed by atoms with Gasteiger partial charge in [-0.05, 0) is 43.7 Å². The van der Waals surface area contributed by atoms with Crippen LogP contribution in [0.15, 0.2) is 54.9 Å². The number of nitrogens with zero attached hydrogens (tertiary/aromatic N) is 3. The summed E-state index contributed by atoms with van der Waals surface area (Å²) in [5, 5.41) is 3.44. The molecule has 1 aliphatic rings. The number of piperidine rings is 1. The molecule has 2 aromatic heterocycles. The average Bonchev–Trinajstić information content (AvgIpc) is 2.69. The summed E-state index contributed by atoms with van der Waals surface area (Å²) in [7, 11) is 0. The number of hydrogen-bond acceptors (Lipinski definition) is 6. The van der Waals surface area contributed by atoms with Crippen LogP contribution in [0.5, 0.6) is 11.6 Å². The van der Waals surface area contributed by atoms with E-state index in [1.54, 1.807) is 18.5 Å². The third kappa shape index (κ3) is 3.81. The number of nitrogens with one attached hydrogen (secondary N) is 1. The summed E-state index contributed by atoms with van der Waals surface area (Å²) in [6, 6.07) is 13.1. The third-order valence-electron chi connectivity index (χ3n) is 4.46. The van der Waals surface area contributed by atoms with Gasteiger partial charge in [0.2, 0.25) is 5.88 Å². The smallest absolute Gasteiger partial charge is 0.223 e. The van der Waals surface area contributed by atoms with Gasteiger partial charge in [0.25, 0.3) is 0 Å². The number of ether oxygens (including phenoxy) is 1. The quantitative estimate of drug-likeness (QED) is 0.704. The molecule has 1 fully saturated rings. The average molecular weight is 347 g/mol. The van der Waals surface area contributed by atoms with Gasteiger partial charge in [0.15, 0.2) is 5.82 Å². The zero-order valence-corrected chi connectivity index (χ0v) is 14.4. The summed E-state index contributed by atoms with van der Waals surface area (Å²) in [6.45, 7) is 1.98. The van der Waals surface area contributed by atoms with Gasteiger partial charge in [0.1, 0.15) is 5.75 Å². The second-order valence-corrected chi connectivity index (χ2v) is 6.41. The molecule has 6 nitrogen and oxygen atoms in total. The Morgan fingerprint density at radius 2 is 1.96 bits per heavy atom. The molecule has 0 aliphatic carbocycles. The van der Waals surface area contributed by atoms with E-state index in [1.165, 1.54) is 0 Å². The number of hydrogen-bond donors (Lipinski definition) is 2. The number of nitrogen functional groups attached to an aromatic ring is 1. The summed E-state index contributed by atoms with van der Waals surface area (Å²) < 4.78 is 5.99. The van der Waals surface area contributed by atoms with Crippen LogP contribution in [-0.4, -0.2) is 28.0 Å². The number of pyridine rings is 1. The van der Waals surface area contributed by atoms with Gasteiger partial charge in [-0.1, -0.05) is 6.07 Å². The fourth-order valence-electron chi connectivity index (χ4n) is 3.14. The molecular weight excluding hydrogens is 326 g/mol. The minimum Gasteiger partial charge on any atom is -0.439 e. The van der Waals surface area contributed by atoms with E-state index in [-0.39, 0.29) is 0 Å².